The van der Waals surface area contributed by atoms with Crippen LogP contribution < -0.4 is 5.32 Å². The minimum atomic E-state index is -1.45. The average Bonchev–Trinajstić information content (AvgIpc) is 2.72. The predicted molar refractivity (Wildman–Crippen MR) is 123 cm³/mol. The number of aryl methyl sites for hydroxylation is 3. The largest absolute Gasteiger partial charge is 0.480 e. The number of hydrogen-bond donors (Lipinski definition) is 5. The van der Waals surface area contributed by atoms with Crippen LogP contribution in [0.2, 0.25) is 0 Å². The van der Waals surface area contributed by atoms with E-state index in [1.54, 1.807) is 25.1 Å². The Balaban J connectivity index is 2.13. The van der Waals surface area contributed by atoms with E-state index < -0.39 is 43.2 Å². The highest BCUT2D eigenvalue weighted by Crippen LogP contribution is 2.30. The molecule has 0 fully saturated rings. The van der Waals surface area contributed by atoms with Crippen molar-refractivity contribution in [2.75, 3.05) is 6.61 Å². The first-order valence-corrected chi connectivity index (χ1v) is 10.6. The molecule has 0 aliphatic rings. The number of aliphatic hydroxyl groups excluding tert-OH is 3. The second-order valence-electron chi connectivity index (χ2n) is 8.17. The van der Waals surface area contributed by atoms with Gasteiger partial charge in [-0.2, -0.15) is 0 Å². The van der Waals surface area contributed by atoms with Gasteiger partial charge < -0.3 is 25.7 Å². The molecule has 0 aromatic heterocycles. The molecule has 0 bridgehead atoms. The molecule has 0 spiro atoms. The lowest BCUT2D eigenvalue weighted by atomic mass is 9.92. The molecule has 3 atom stereocenters. The van der Waals surface area contributed by atoms with E-state index in [1.165, 1.54) is 12.1 Å². The molecule has 2 aromatic carbocycles. The molecular weight excluding hydrogens is 429 g/mol. The molecule has 0 radical (unpaired) electrons. The third-order valence-electron chi connectivity index (χ3n) is 5.24. The van der Waals surface area contributed by atoms with Gasteiger partial charge >= 0.3 is 5.97 Å². The van der Waals surface area contributed by atoms with Crippen molar-refractivity contribution in [2.45, 2.75) is 51.9 Å². The summed E-state index contributed by atoms with van der Waals surface area (Å²) in [5.41, 5.74) is 5.07. The molecule has 0 aliphatic carbocycles. The highest BCUT2D eigenvalue weighted by atomic mass is 19.1. The standard InChI is InChI=1S/C25H30FNO6/c1-14-8-15(2)20(21(9-14)17-4-7-22(26)16(3)10-17)6-5-18(29)11-19(30)12-24(31)27-23(13-28)25(32)33/h4-10,18-19,23,28-30H,11-13H2,1-3H3,(H,27,31)(H,32,33)/t18-,19-,23+/m1/s1. The van der Waals surface area contributed by atoms with Crippen LogP contribution in [0.5, 0.6) is 0 Å². The highest BCUT2D eigenvalue weighted by Gasteiger charge is 2.21. The van der Waals surface area contributed by atoms with Crippen LogP contribution >= 0.6 is 0 Å². The normalized spacial score (nSPS) is 14.2. The summed E-state index contributed by atoms with van der Waals surface area (Å²) >= 11 is 0. The molecule has 7 nitrogen and oxygen atoms in total. The van der Waals surface area contributed by atoms with Crippen molar-refractivity contribution in [3.05, 3.63) is 64.5 Å². The van der Waals surface area contributed by atoms with E-state index in [0.29, 0.717) is 5.56 Å². The van der Waals surface area contributed by atoms with Crippen molar-refractivity contribution in [3.63, 3.8) is 0 Å². The van der Waals surface area contributed by atoms with E-state index in [4.69, 9.17) is 10.2 Å². The van der Waals surface area contributed by atoms with Crippen LogP contribution in [-0.2, 0) is 9.59 Å². The molecule has 0 aliphatic heterocycles. The van der Waals surface area contributed by atoms with Crippen molar-refractivity contribution in [1.29, 1.82) is 0 Å². The summed E-state index contributed by atoms with van der Waals surface area (Å²) < 4.78 is 13.7. The first-order valence-electron chi connectivity index (χ1n) is 10.6. The Bertz CT molecular complexity index is 1040. The number of amides is 1. The van der Waals surface area contributed by atoms with Crippen LogP contribution in [0.1, 0.15) is 35.1 Å². The molecule has 2 rings (SSSR count). The van der Waals surface area contributed by atoms with E-state index in [-0.39, 0.29) is 12.2 Å². The highest BCUT2D eigenvalue weighted by molar-refractivity contribution is 5.83. The minimum Gasteiger partial charge on any atom is -0.480 e. The summed E-state index contributed by atoms with van der Waals surface area (Å²) in [4.78, 5) is 22.7. The van der Waals surface area contributed by atoms with Crippen LogP contribution in [0.25, 0.3) is 17.2 Å². The van der Waals surface area contributed by atoms with Crippen molar-refractivity contribution in [3.8, 4) is 11.1 Å². The zero-order chi connectivity index (χ0) is 24.7. The van der Waals surface area contributed by atoms with Crippen molar-refractivity contribution < 1.29 is 34.4 Å². The number of carbonyl (C=O) groups excluding carboxylic acids is 1. The van der Waals surface area contributed by atoms with Gasteiger partial charge in [-0.15, -0.1) is 0 Å². The lowest BCUT2D eigenvalue weighted by molar-refractivity contribution is -0.143. The van der Waals surface area contributed by atoms with Gasteiger partial charge in [0.2, 0.25) is 5.91 Å². The Morgan fingerprint density at radius 3 is 2.39 bits per heavy atom. The van der Waals surface area contributed by atoms with Crippen molar-refractivity contribution in [1.82, 2.24) is 5.32 Å². The number of aliphatic hydroxyl groups is 3. The number of carbonyl (C=O) groups is 2. The monoisotopic (exact) mass is 459 g/mol. The van der Waals surface area contributed by atoms with Gasteiger partial charge in [-0.1, -0.05) is 35.9 Å². The molecule has 1 amide bonds. The van der Waals surface area contributed by atoms with Gasteiger partial charge in [0, 0.05) is 6.42 Å². The molecule has 178 valence electrons. The maximum Gasteiger partial charge on any atom is 0.328 e. The Kier molecular flexibility index (Phi) is 9.28. The average molecular weight is 460 g/mol. The van der Waals surface area contributed by atoms with E-state index >= 15 is 0 Å². The molecule has 2 aromatic rings. The summed E-state index contributed by atoms with van der Waals surface area (Å²) in [7, 11) is 0. The number of carboxylic acid groups (broad SMARTS) is 1. The first kappa shape index (κ1) is 26.2. The van der Waals surface area contributed by atoms with E-state index in [9.17, 15) is 24.2 Å². The Hall–Kier alpha value is -3.07. The van der Waals surface area contributed by atoms with Gasteiger partial charge in [-0.05, 0) is 60.7 Å². The molecule has 8 heteroatoms. The van der Waals surface area contributed by atoms with Crippen LogP contribution in [-0.4, -0.2) is 57.2 Å². The summed E-state index contributed by atoms with van der Waals surface area (Å²) in [5, 5.41) is 40.3. The van der Waals surface area contributed by atoms with Gasteiger partial charge in [0.15, 0.2) is 0 Å². The van der Waals surface area contributed by atoms with E-state index in [0.717, 1.165) is 27.8 Å². The topological polar surface area (TPSA) is 127 Å². The third kappa shape index (κ3) is 7.49. The maximum absolute atomic E-state index is 13.7. The molecule has 0 saturated carbocycles. The maximum atomic E-state index is 13.7. The summed E-state index contributed by atoms with van der Waals surface area (Å²) in [6.45, 7) is 4.81. The van der Waals surface area contributed by atoms with Crippen LogP contribution in [0, 0.1) is 26.6 Å². The minimum absolute atomic E-state index is 0.142. The molecule has 0 unspecified atom stereocenters. The van der Waals surface area contributed by atoms with Crippen molar-refractivity contribution in [2.24, 2.45) is 0 Å². The van der Waals surface area contributed by atoms with Gasteiger partial charge in [0.1, 0.15) is 11.9 Å². The predicted octanol–water partition coefficient (Wildman–Crippen LogP) is 2.49. The van der Waals surface area contributed by atoms with Crippen LogP contribution in [0.3, 0.4) is 0 Å². The first-order chi connectivity index (χ1) is 15.5. The Morgan fingerprint density at radius 2 is 1.79 bits per heavy atom. The molecule has 5 N–H and O–H groups in total. The van der Waals surface area contributed by atoms with Gasteiger partial charge in [0.25, 0.3) is 0 Å². The fraction of sp³-hybridized carbons (Fsp3) is 0.360. The summed E-state index contributed by atoms with van der Waals surface area (Å²) in [6, 6.07) is 7.39. The second-order valence-corrected chi connectivity index (χ2v) is 8.17. The van der Waals surface area contributed by atoms with Crippen LogP contribution in [0.4, 0.5) is 4.39 Å². The molecular formula is C25H30FNO6. The number of halogens is 1. The SMILES string of the molecule is Cc1cc(C)c(C=C[C@@H](O)C[C@@H](O)CC(=O)N[C@@H](CO)C(=O)O)c(-c2ccc(F)c(C)c2)c1. The second kappa shape index (κ2) is 11.7. The van der Waals surface area contributed by atoms with Gasteiger partial charge in [-0.3, -0.25) is 4.79 Å². The number of nitrogens with one attached hydrogen (secondary N) is 1. The Morgan fingerprint density at radius 1 is 1.09 bits per heavy atom. The fourth-order valence-electron chi connectivity index (χ4n) is 3.55. The van der Waals surface area contributed by atoms with E-state index in [1.807, 2.05) is 26.0 Å². The van der Waals surface area contributed by atoms with E-state index in [2.05, 4.69) is 5.32 Å². The molecule has 33 heavy (non-hydrogen) atoms. The molecule has 0 saturated heterocycles. The lowest BCUT2D eigenvalue weighted by Gasteiger charge is -2.16. The number of carboxylic acids is 1. The van der Waals surface area contributed by atoms with Gasteiger partial charge in [0.05, 0.1) is 25.2 Å². The van der Waals surface area contributed by atoms with Crippen LogP contribution in [0.15, 0.2) is 36.4 Å². The lowest BCUT2D eigenvalue weighted by Crippen LogP contribution is -2.44. The smallest absolute Gasteiger partial charge is 0.328 e. The quantitative estimate of drug-likeness (QED) is 0.372. The Labute approximate surface area is 192 Å². The fourth-order valence-corrected chi connectivity index (χ4v) is 3.55. The number of rotatable bonds is 10. The molecule has 0 heterocycles. The summed E-state index contributed by atoms with van der Waals surface area (Å²) in [6.07, 6.45) is 0.397. The zero-order valence-corrected chi connectivity index (χ0v) is 18.9. The zero-order valence-electron chi connectivity index (χ0n) is 18.9. The van der Waals surface area contributed by atoms with Crippen molar-refractivity contribution >= 4 is 18.0 Å². The van der Waals surface area contributed by atoms with Gasteiger partial charge in [-0.25, -0.2) is 9.18 Å². The summed E-state index contributed by atoms with van der Waals surface area (Å²) in [5.74, 6) is -2.42. The number of hydrogen-bond acceptors (Lipinski definition) is 5. The third-order valence-corrected chi connectivity index (χ3v) is 5.24. The number of aliphatic carboxylic acids is 1. The number of benzene rings is 2.